The van der Waals surface area contributed by atoms with Gasteiger partial charge in [0.25, 0.3) is 0 Å². The molecule has 0 bridgehead atoms. The van der Waals surface area contributed by atoms with Crippen LogP contribution in [0, 0.1) is 0 Å². The number of hydrogen-bond donors (Lipinski definition) is 0. The van der Waals surface area contributed by atoms with Crippen LogP contribution in [0.5, 0.6) is 5.75 Å². The van der Waals surface area contributed by atoms with E-state index in [1.54, 1.807) is 6.07 Å². The molecule has 0 unspecified atom stereocenters. The number of sulfone groups is 1. The second-order valence-electron chi connectivity index (χ2n) is 5.20. The number of rotatable bonds is 10. The number of alkyl halides is 1. The molecular weight excluding hydrogens is 324 g/mol. The highest BCUT2D eigenvalue weighted by atomic mass is 35.5. The van der Waals surface area contributed by atoms with Crippen molar-refractivity contribution in [2.45, 2.75) is 43.9 Å². The van der Waals surface area contributed by atoms with Gasteiger partial charge in [-0.2, -0.15) is 0 Å². The van der Waals surface area contributed by atoms with Crippen LogP contribution >= 0.6 is 11.6 Å². The molecule has 0 saturated heterocycles. The highest BCUT2D eigenvalue weighted by Crippen LogP contribution is 2.24. The normalized spacial score (nSPS) is 11.4. The molecule has 4 nitrogen and oxygen atoms in total. The van der Waals surface area contributed by atoms with Crippen LogP contribution in [0.1, 0.15) is 49.4 Å². The van der Waals surface area contributed by atoms with Crippen molar-refractivity contribution in [3.63, 3.8) is 0 Å². The van der Waals surface area contributed by atoms with Crippen LogP contribution < -0.4 is 4.74 Å². The molecule has 0 fully saturated rings. The van der Waals surface area contributed by atoms with E-state index in [0.717, 1.165) is 31.9 Å². The van der Waals surface area contributed by atoms with Gasteiger partial charge in [-0.25, -0.2) is 8.42 Å². The van der Waals surface area contributed by atoms with E-state index in [9.17, 15) is 13.2 Å². The fourth-order valence-corrected chi connectivity index (χ4v) is 3.15. The monoisotopic (exact) mass is 346 g/mol. The predicted molar refractivity (Wildman–Crippen MR) is 88.9 cm³/mol. The first-order valence-corrected chi connectivity index (χ1v) is 9.88. The molecule has 0 aromatic heterocycles. The molecule has 0 spiro atoms. The highest BCUT2D eigenvalue weighted by molar-refractivity contribution is 7.90. The summed E-state index contributed by atoms with van der Waals surface area (Å²) in [6.45, 7) is 2.67. The molecule has 0 amide bonds. The summed E-state index contributed by atoms with van der Waals surface area (Å²) in [5.41, 5.74) is 0.182. The Morgan fingerprint density at radius 3 is 2.55 bits per heavy atom. The highest BCUT2D eigenvalue weighted by Gasteiger charge is 2.19. The third kappa shape index (κ3) is 5.97. The van der Waals surface area contributed by atoms with Crippen LogP contribution in [-0.2, 0) is 9.84 Å². The van der Waals surface area contributed by atoms with E-state index in [2.05, 4.69) is 6.92 Å². The third-order valence-corrected chi connectivity index (χ3v) is 4.57. The summed E-state index contributed by atoms with van der Waals surface area (Å²) < 4.78 is 29.4. The number of halogens is 1. The molecule has 0 aliphatic carbocycles. The SMILES string of the molecule is CCCCCCOc1ccc(C(=O)CCCl)c(S(C)(=O)=O)c1. The summed E-state index contributed by atoms with van der Waals surface area (Å²) in [4.78, 5) is 12.0. The Morgan fingerprint density at radius 2 is 1.95 bits per heavy atom. The average molecular weight is 347 g/mol. The lowest BCUT2D eigenvalue weighted by molar-refractivity contribution is 0.0986. The van der Waals surface area contributed by atoms with E-state index in [4.69, 9.17) is 16.3 Å². The van der Waals surface area contributed by atoms with Crippen molar-refractivity contribution in [3.05, 3.63) is 23.8 Å². The van der Waals surface area contributed by atoms with Crippen molar-refractivity contribution < 1.29 is 17.9 Å². The number of ether oxygens (including phenoxy) is 1. The first kappa shape index (κ1) is 19.0. The summed E-state index contributed by atoms with van der Waals surface area (Å²) in [6.07, 6.45) is 5.52. The van der Waals surface area contributed by atoms with Crippen LogP contribution in [0.3, 0.4) is 0 Å². The van der Waals surface area contributed by atoms with E-state index in [1.807, 2.05) is 0 Å². The molecule has 0 N–H and O–H groups in total. The van der Waals surface area contributed by atoms with Crippen LogP contribution in [0.2, 0.25) is 0 Å². The van der Waals surface area contributed by atoms with Crippen molar-refractivity contribution in [1.82, 2.24) is 0 Å². The van der Waals surface area contributed by atoms with E-state index in [0.29, 0.717) is 12.4 Å². The number of benzene rings is 1. The standard InChI is InChI=1S/C16H23ClO4S/c1-3-4-5-6-11-21-13-7-8-14(15(18)9-10-17)16(12-13)22(2,19)20/h7-8,12H,3-6,9-11H2,1-2H3. The van der Waals surface area contributed by atoms with Crippen LogP contribution in [0.15, 0.2) is 23.1 Å². The van der Waals surface area contributed by atoms with Crippen molar-refractivity contribution in [3.8, 4) is 5.75 Å². The molecule has 1 aromatic carbocycles. The smallest absolute Gasteiger partial charge is 0.176 e. The molecule has 0 heterocycles. The van der Waals surface area contributed by atoms with Crippen LogP contribution in [0.25, 0.3) is 0 Å². The quantitative estimate of drug-likeness (QED) is 0.366. The van der Waals surface area contributed by atoms with Crippen LogP contribution in [0.4, 0.5) is 0 Å². The van der Waals surface area contributed by atoms with Crippen molar-refractivity contribution in [2.75, 3.05) is 18.7 Å². The van der Waals surface area contributed by atoms with Crippen molar-refractivity contribution in [1.29, 1.82) is 0 Å². The molecule has 0 atom stereocenters. The molecule has 0 radical (unpaired) electrons. The fourth-order valence-electron chi connectivity index (χ4n) is 2.07. The van der Waals surface area contributed by atoms with Gasteiger partial charge in [0, 0.05) is 24.1 Å². The van der Waals surface area contributed by atoms with Crippen molar-refractivity contribution in [2.24, 2.45) is 0 Å². The third-order valence-electron chi connectivity index (χ3n) is 3.24. The largest absolute Gasteiger partial charge is 0.494 e. The van der Waals surface area contributed by atoms with Gasteiger partial charge < -0.3 is 4.74 Å². The van der Waals surface area contributed by atoms with Crippen LogP contribution in [-0.4, -0.2) is 32.9 Å². The molecule has 0 aliphatic heterocycles. The minimum Gasteiger partial charge on any atom is -0.494 e. The van der Waals surface area contributed by atoms with Gasteiger partial charge in [0.05, 0.1) is 11.5 Å². The summed E-state index contributed by atoms with van der Waals surface area (Å²) in [7, 11) is -3.50. The predicted octanol–water partition coefficient (Wildman–Crippen LogP) is 3.86. The van der Waals surface area contributed by atoms with Crippen molar-refractivity contribution >= 4 is 27.2 Å². The lowest BCUT2D eigenvalue weighted by Gasteiger charge is -2.11. The van der Waals surface area contributed by atoms with Gasteiger partial charge in [0.2, 0.25) is 0 Å². The Balaban J connectivity index is 2.89. The minimum absolute atomic E-state index is 0.00803. The van der Waals surface area contributed by atoms with E-state index < -0.39 is 9.84 Å². The van der Waals surface area contributed by atoms with E-state index in [-0.39, 0.29) is 28.5 Å². The van der Waals surface area contributed by atoms with Gasteiger partial charge in [0.1, 0.15) is 5.75 Å². The summed E-state index contributed by atoms with van der Waals surface area (Å²) >= 11 is 5.56. The first-order chi connectivity index (χ1) is 10.4. The molecule has 1 aromatic rings. The zero-order chi connectivity index (χ0) is 16.6. The maximum Gasteiger partial charge on any atom is 0.176 e. The molecule has 22 heavy (non-hydrogen) atoms. The van der Waals surface area contributed by atoms with Gasteiger partial charge in [-0.1, -0.05) is 26.2 Å². The number of carbonyl (C=O) groups is 1. The number of hydrogen-bond acceptors (Lipinski definition) is 4. The van der Waals surface area contributed by atoms with Gasteiger partial charge in [0.15, 0.2) is 15.6 Å². The maximum atomic E-state index is 12.0. The first-order valence-electron chi connectivity index (χ1n) is 7.46. The molecule has 1 rings (SSSR count). The van der Waals surface area contributed by atoms with Gasteiger partial charge in [-0.15, -0.1) is 11.6 Å². The Labute approximate surface area is 137 Å². The summed E-state index contributed by atoms with van der Waals surface area (Å²) in [6, 6.07) is 4.57. The Hall–Kier alpha value is -1.07. The molecular formula is C16H23ClO4S. The number of Topliss-reactive ketones (excluding diaryl/α,β-unsaturated/α-hetero) is 1. The summed E-state index contributed by atoms with van der Waals surface area (Å²) in [5, 5.41) is 0. The topological polar surface area (TPSA) is 60.4 Å². The van der Waals surface area contributed by atoms with E-state index >= 15 is 0 Å². The van der Waals surface area contributed by atoms with Gasteiger partial charge >= 0.3 is 0 Å². The molecule has 124 valence electrons. The minimum atomic E-state index is -3.50. The summed E-state index contributed by atoms with van der Waals surface area (Å²) in [5.74, 6) is 0.363. The Kier molecular flexibility index (Phi) is 7.90. The molecule has 0 saturated carbocycles. The number of carbonyl (C=O) groups excluding carboxylic acids is 1. The fraction of sp³-hybridized carbons (Fsp3) is 0.562. The second kappa shape index (κ2) is 9.16. The Bertz CT molecular complexity index is 596. The lowest BCUT2D eigenvalue weighted by atomic mass is 10.1. The number of ketones is 1. The average Bonchev–Trinajstić information content (AvgIpc) is 2.46. The van der Waals surface area contributed by atoms with Gasteiger partial charge in [-0.3, -0.25) is 4.79 Å². The zero-order valence-electron chi connectivity index (χ0n) is 13.1. The Morgan fingerprint density at radius 1 is 1.23 bits per heavy atom. The second-order valence-corrected chi connectivity index (χ2v) is 7.56. The molecule has 6 heteroatoms. The lowest BCUT2D eigenvalue weighted by Crippen LogP contribution is -2.09. The maximum absolute atomic E-state index is 12.0. The zero-order valence-corrected chi connectivity index (χ0v) is 14.7. The molecule has 0 aliphatic rings. The van der Waals surface area contributed by atoms with Gasteiger partial charge in [-0.05, 0) is 24.6 Å². The number of unbranched alkanes of at least 4 members (excludes halogenated alkanes) is 3. The van der Waals surface area contributed by atoms with E-state index in [1.165, 1.54) is 12.1 Å².